The summed E-state index contributed by atoms with van der Waals surface area (Å²) in [7, 11) is 6.14. The minimum absolute atomic E-state index is 0.0529. The van der Waals surface area contributed by atoms with E-state index < -0.39 is 0 Å². The average Bonchev–Trinajstić information content (AvgIpc) is 3.31. The molecule has 4 rings (SSSR count). The maximum absolute atomic E-state index is 13.1. The van der Waals surface area contributed by atoms with Crippen LogP contribution in [0.15, 0.2) is 35.4 Å². The molecular formula is C24H31N7O2. The minimum atomic E-state index is -0.269. The number of nitrogens with zero attached hydrogens (tertiary/aromatic N) is 6. The van der Waals surface area contributed by atoms with Crippen molar-refractivity contribution in [2.45, 2.75) is 38.6 Å². The number of aromatic nitrogens is 4. The number of fused-ring (bicyclic) bond motifs is 1. The molecule has 3 heterocycles. The van der Waals surface area contributed by atoms with E-state index in [0.29, 0.717) is 22.8 Å². The number of carbonyl (C=O) groups is 1. The third-order valence-corrected chi connectivity index (χ3v) is 6.15. The smallest absolute Gasteiger partial charge is 0.263 e. The Balaban J connectivity index is 1.63. The predicted octanol–water partition coefficient (Wildman–Crippen LogP) is 3.25. The highest BCUT2D eigenvalue weighted by molar-refractivity contribution is 5.96. The van der Waals surface area contributed by atoms with E-state index in [-0.39, 0.29) is 22.9 Å². The Kier molecular flexibility index (Phi) is 6.69. The van der Waals surface area contributed by atoms with Crippen molar-refractivity contribution in [3.63, 3.8) is 0 Å². The molecule has 9 heteroatoms. The summed E-state index contributed by atoms with van der Waals surface area (Å²) in [6.45, 7) is 3.28. The summed E-state index contributed by atoms with van der Waals surface area (Å²) in [4.78, 5) is 43.0. The lowest BCUT2D eigenvalue weighted by molar-refractivity contribution is 0.101. The maximum atomic E-state index is 13.1. The molecular weight excluding hydrogens is 418 g/mol. The first-order valence-corrected chi connectivity index (χ1v) is 11.4. The van der Waals surface area contributed by atoms with Gasteiger partial charge in [-0.3, -0.25) is 14.2 Å². The van der Waals surface area contributed by atoms with Crippen LogP contribution >= 0.6 is 0 Å². The van der Waals surface area contributed by atoms with E-state index in [1.54, 1.807) is 16.8 Å². The summed E-state index contributed by atoms with van der Waals surface area (Å²) >= 11 is 0. The van der Waals surface area contributed by atoms with Crippen molar-refractivity contribution in [1.82, 2.24) is 24.4 Å². The highest BCUT2D eigenvalue weighted by Gasteiger charge is 2.23. The van der Waals surface area contributed by atoms with Crippen LogP contribution in [0.3, 0.4) is 0 Å². The number of carbonyl (C=O) groups excluding carboxylic acids is 1. The molecule has 0 aliphatic heterocycles. The molecule has 0 atom stereocenters. The number of hydrogen-bond acceptors (Lipinski definition) is 8. The van der Waals surface area contributed by atoms with E-state index >= 15 is 0 Å². The van der Waals surface area contributed by atoms with Gasteiger partial charge in [0.2, 0.25) is 5.95 Å². The Hall–Kier alpha value is -3.33. The largest absolute Gasteiger partial charge is 0.372 e. The number of anilines is 3. The van der Waals surface area contributed by atoms with E-state index in [4.69, 9.17) is 0 Å². The average molecular weight is 450 g/mol. The van der Waals surface area contributed by atoms with E-state index in [0.717, 1.165) is 44.5 Å². The van der Waals surface area contributed by atoms with Crippen molar-refractivity contribution in [3.05, 3.63) is 46.5 Å². The van der Waals surface area contributed by atoms with Crippen molar-refractivity contribution >= 4 is 34.3 Å². The standard InChI is InChI=1S/C24H31N7O2/c1-16(32)20-13-17-14-26-24(28-22(17)31(23(20)33)18-7-5-6-8-18)27-21-10-9-19(15-25-21)30(4)12-11-29(2)3/h9-10,13-15,18H,5-8,11-12H2,1-4H3,(H,25,26,27,28). The molecule has 0 unspecified atom stereocenters. The van der Waals surface area contributed by atoms with Crippen molar-refractivity contribution in [1.29, 1.82) is 0 Å². The first kappa shape index (κ1) is 22.8. The molecule has 0 aromatic carbocycles. The first-order chi connectivity index (χ1) is 15.8. The van der Waals surface area contributed by atoms with Gasteiger partial charge < -0.3 is 15.1 Å². The van der Waals surface area contributed by atoms with Crippen LogP contribution in [-0.4, -0.2) is 64.4 Å². The van der Waals surface area contributed by atoms with Crippen molar-refractivity contribution in [2.24, 2.45) is 0 Å². The van der Waals surface area contributed by atoms with Crippen molar-refractivity contribution < 1.29 is 4.79 Å². The Bertz CT molecular complexity index is 1200. The number of Topliss-reactive ketones (excluding diaryl/α,β-unsaturated/α-hetero) is 1. The number of nitrogens with one attached hydrogen (secondary N) is 1. The molecule has 0 spiro atoms. The van der Waals surface area contributed by atoms with Crippen LogP contribution in [0, 0.1) is 0 Å². The van der Waals surface area contributed by atoms with Gasteiger partial charge in [-0.2, -0.15) is 4.98 Å². The SMILES string of the molecule is CC(=O)c1cc2cnc(Nc3ccc(N(C)CCN(C)C)cn3)nc2n(C2CCCC2)c1=O. The lowest BCUT2D eigenvalue weighted by atomic mass is 10.1. The van der Waals surface area contributed by atoms with Gasteiger partial charge in [0.1, 0.15) is 11.5 Å². The first-order valence-electron chi connectivity index (χ1n) is 11.4. The Labute approximate surface area is 193 Å². The molecule has 9 nitrogen and oxygen atoms in total. The van der Waals surface area contributed by atoms with Gasteiger partial charge in [-0.25, -0.2) is 9.97 Å². The Morgan fingerprint density at radius 1 is 1.12 bits per heavy atom. The van der Waals surface area contributed by atoms with Crippen molar-refractivity contribution in [3.8, 4) is 0 Å². The molecule has 174 valence electrons. The predicted molar refractivity (Wildman–Crippen MR) is 131 cm³/mol. The second-order valence-corrected chi connectivity index (χ2v) is 8.95. The van der Waals surface area contributed by atoms with Crippen LogP contribution in [0.1, 0.15) is 49.0 Å². The Morgan fingerprint density at radius 3 is 2.52 bits per heavy atom. The summed E-state index contributed by atoms with van der Waals surface area (Å²) < 4.78 is 1.70. The fourth-order valence-corrected chi connectivity index (χ4v) is 4.21. The number of likely N-dealkylation sites (N-methyl/N-ethyl adjacent to an activating group) is 2. The van der Waals surface area contributed by atoms with Crippen LogP contribution in [-0.2, 0) is 0 Å². The Morgan fingerprint density at radius 2 is 1.88 bits per heavy atom. The van der Waals surface area contributed by atoms with Gasteiger partial charge >= 0.3 is 0 Å². The van der Waals surface area contributed by atoms with Gasteiger partial charge in [-0.1, -0.05) is 12.8 Å². The molecule has 1 aliphatic rings. The number of hydrogen-bond donors (Lipinski definition) is 1. The van der Waals surface area contributed by atoms with E-state index in [1.165, 1.54) is 6.92 Å². The molecule has 1 fully saturated rings. The van der Waals surface area contributed by atoms with E-state index in [2.05, 4.69) is 44.2 Å². The molecule has 0 saturated heterocycles. The van der Waals surface area contributed by atoms with Gasteiger partial charge in [-0.15, -0.1) is 0 Å². The van der Waals surface area contributed by atoms with Crippen LogP contribution < -0.4 is 15.8 Å². The monoisotopic (exact) mass is 449 g/mol. The zero-order valence-corrected chi connectivity index (χ0v) is 19.7. The van der Waals surface area contributed by atoms with Crippen LogP contribution in [0.4, 0.5) is 17.5 Å². The second kappa shape index (κ2) is 9.66. The van der Waals surface area contributed by atoms with E-state index in [1.807, 2.05) is 25.4 Å². The molecule has 1 N–H and O–H groups in total. The molecule has 0 amide bonds. The number of rotatable bonds is 8. The van der Waals surface area contributed by atoms with Crippen LogP contribution in [0.2, 0.25) is 0 Å². The van der Waals surface area contributed by atoms with Gasteiger partial charge in [0.25, 0.3) is 5.56 Å². The summed E-state index contributed by atoms with van der Waals surface area (Å²) in [6.07, 6.45) is 7.43. The molecule has 0 bridgehead atoms. The lowest BCUT2D eigenvalue weighted by Crippen LogP contribution is -2.29. The molecule has 0 radical (unpaired) electrons. The summed E-state index contributed by atoms with van der Waals surface area (Å²) in [5.74, 6) is 0.746. The molecule has 33 heavy (non-hydrogen) atoms. The van der Waals surface area contributed by atoms with Gasteiger partial charge in [0.15, 0.2) is 5.78 Å². The third kappa shape index (κ3) is 5.03. The lowest BCUT2D eigenvalue weighted by Gasteiger charge is -2.21. The molecule has 1 saturated carbocycles. The maximum Gasteiger partial charge on any atom is 0.263 e. The zero-order chi connectivity index (χ0) is 23.5. The fourth-order valence-electron chi connectivity index (χ4n) is 4.21. The third-order valence-electron chi connectivity index (χ3n) is 6.15. The molecule has 3 aromatic heterocycles. The normalized spacial score (nSPS) is 14.2. The highest BCUT2D eigenvalue weighted by atomic mass is 16.1. The van der Waals surface area contributed by atoms with E-state index in [9.17, 15) is 9.59 Å². The quantitative estimate of drug-likeness (QED) is 0.524. The topological polar surface area (TPSA) is 96.2 Å². The van der Waals surface area contributed by atoms with Crippen LogP contribution in [0.25, 0.3) is 11.0 Å². The summed E-state index contributed by atoms with van der Waals surface area (Å²) in [5.41, 5.74) is 1.49. The fraction of sp³-hybridized carbons (Fsp3) is 0.458. The van der Waals surface area contributed by atoms with Crippen molar-refractivity contribution in [2.75, 3.05) is 44.4 Å². The molecule has 1 aliphatic carbocycles. The van der Waals surface area contributed by atoms with Crippen LogP contribution in [0.5, 0.6) is 0 Å². The molecule has 3 aromatic rings. The highest BCUT2D eigenvalue weighted by Crippen LogP contribution is 2.31. The zero-order valence-electron chi connectivity index (χ0n) is 19.7. The summed E-state index contributed by atoms with van der Waals surface area (Å²) in [6, 6.07) is 5.54. The van der Waals surface area contributed by atoms with Gasteiger partial charge in [0, 0.05) is 37.8 Å². The summed E-state index contributed by atoms with van der Waals surface area (Å²) in [5, 5.41) is 3.83. The van der Waals surface area contributed by atoms with Gasteiger partial charge in [0.05, 0.1) is 17.4 Å². The second-order valence-electron chi connectivity index (χ2n) is 8.95. The van der Waals surface area contributed by atoms with Gasteiger partial charge in [-0.05, 0) is 52.1 Å². The number of ketones is 1. The number of pyridine rings is 2. The minimum Gasteiger partial charge on any atom is -0.372 e.